The molecule has 4 heteroatoms. The highest BCUT2D eigenvalue weighted by atomic mass is 19.1. The van der Waals surface area contributed by atoms with Gasteiger partial charge in [-0.2, -0.15) is 0 Å². The van der Waals surface area contributed by atoms with Crippen LogP contribution in [0.2, 0.25) is 0 Å². The Hall–Kier alpha value is -1.42. The van der Waals surface area contributed by atoms with Gasteiger partial charge in [0.25, 0.3) is 0 Å². The van der Waals surface area contributed by atoms with Gasteiger partial charge in [-0.3, -0.25) is 4.79 Å². The van der Waals surface area contributed by atoms with Crippen molar-refractivity contribution in [1.82, 2.24) is 5.32 Å². The predicted molar refractivity (Wildman–Crippen MR) is 77.8 cm³/mol. The monoisotopic (exact) mass is 281 g/mol. The van der Waals surface area contributed by atoms with E-state index in [1.807, 2.05) is 19.9 Å². The molecular formula is C16H24FNO2. The summed E-state index contributed by atoms with van der Waals surface area (Å²) in [5.41, 5.74) is 0.916. The van der Waals surface area contributed by atoms with Gasteiger partial charge < -0.3 is 10.4 Å². The minimum absolute atomic E-state index is 0.0127. The van der Waals surface area contributed by atoms with Crippen LogP contribution in [0.3, 0.4) is 0 Å². The second-order valence-corrected chi connectivity index (χ2v) is 5.56. The summed E-state index contributed by atoms with van der Waals surface area (Å²) in [7, 11) is 0. The molecule has 0 saturated carbocycles. The highest BCUT2D eigenvalue weighted by Crippen LogP contribution is 2.13. The van der Waals surface area contributed by atoms with Gasteiger partial charge in [-0.05, 0) is 42.4 Å². The fraction of sp³-hybridized carbons (Fsp3) is 0.562. The number of rotatable bonds is 8. The number of hydrogen-bond acceptors (Lipinski definition) is 2. The Labute approximate surface area is 120 Å². The van der Waals surface area contributed by atoms with Crippen molar-refractivity contribution in [2.45, 2.75) is 33.1 Å². The van der Waals surface area contributed by atoms with Gasteiger partial charge in [-0.1, -0.05) is 26.0 Å². The number of amides is 1. The molecular weight excluding hydrogens is 257 g/mol. The smallest absolute Gasteiger partial charge is 0.220 e. The van der Waals surface area contributed by atoms with Gasteiger partial charge >= 0.3 is 0 Å². The molecule has 2 N–H and O–H groups in total. The summed E-state index contributed by atoms with van der Waals surface area (Å²) in [6, 6.07) is 6.50. The van der Waals surface area contributed by atoms with Crippen molar-refractivity contribution >= 4 is 5.91 Å². The van der Waals surface area contributed by atoms with E-state index in [2.05, 4.69) is 5.32 Å². The zero-order valence-electron chi connectivity index (χ0n) is 12.2. The molecule has 1 aromatic carbocycles. The molecule has 0 saturated heterocycles. The Bertz CT molecular complexity index is 423. The van der Waals surface area contributed by atoms with Crippen molar-refractivity contribution in [1.29, 1.82) is 0 Å². The number of carbonyl (C=O) groups is 1. The normalized spacial score (nSPS) is 13.8. The number of nitrogens with one attached hydrogen (secondary N) is 1. The quantitative estimate of drug-likeness (QED) is 0.769. The molecule has 0 aromatic heterocycles. The second-order valence-electron chi connectivity index (χ2n) is 5.56. The highest BCUT2D eigenvalue weighted by Gasteiger charge is 2.11. The summed E-state index contributed by atoms with van der Waals surface area (Å²) in [6.07, 6.45) is 1.82. The predicted octanol–water partition coefficient (Wildman–Crippen LogP) is 2.53. The third-order valence-electron chi connectivity index (χ3n) is 3.28. The van der Waals surface area contributed by atoms with Gasteiger partial charge in [0.1, 0.15) is 5.82 Å². The molecule has 0 spiro atoms. The molecule has 0 aliphatic heterocycles. The molecule has 112 valence electrons. The molecule has 3 nitrogen and oxygen atoms in total. The molecule has 0 fully saturated rings. The Morgan fingerprint density at radius 2 is 2.10 bits per heavy atom. The summed E-state index contributed by atoms with van der Waals surface area (Å²) in [6.45, 7) is 4.72. The lowest BCUT2D eigenvalue weighted by Gasteiger charge is -2.14. The van der Waals surface area contributed by atoms with E-state index in [4.69, 9.17) is 5.11 Å². The van der Waals surface area contributed by atoms with Crippen LogP contribution in [0.15, 0.2) is 24.3 Å². The Balaban J connectivity index is 2.31. The van der Waals surface area contributed by atoms with Crippen molar-refractivity contribution in [3.63, 3.8) is 0 Å². The molecule has 0 radical (unpaired) electrons. The molecule has 1 rings (SSSR count). The number of carbonyl (C=O) groups excluding carboxylic acids is 1. The lowest BCUT2D eigenvalue weighted by Crippen LogP contribution is -2.30. The van der Waals surface area contributed by atoms with Crippen molar-refractivity contribution in [3.05, 3.63) is 35.6 Å². The number of hydrogen-bond donors (Lipinski definition) is 2. The second kappa shape index (κ2) is 8.69. The van der Waals surface area contributed by atoms with E-state index in [9.17, 15) is 9.18 Å². The standard InChI is InChI=1S/C16H24FNO2/c1-12(6-7-19)11-18-16(20)9-13(2)8-14-4-3-5-15(17)10-14/h3-5,10,12-13,19H,6-9,11H2,1-2H3,(H,18,20). The molecule has 0 heterocycles. The van der Waals surface area contributed by atoms with Gasteiger partial charge in [0, 0.05) is 19.6 Å². The van der Waals surface area contributed by atoms with Crippen LogP contribution in [-0.2, 0) is 11.2 Å². The number of benzene rings is 1. The first-order chi connectivity index (χ1) is 9.51. The lowest BCUT2D eigenvalue weighted by atomic mass is 9.97. The maximum absolute atomic E-state index is 13.1. The highest BCUT2D eigenvalue weighted by molar-refractivity contribution is 5.76. The van der Waals surface area contributed by atoms with Gasteiger partial charge in [-0.15, -0.1) is 0 Å². The summed E-state index contributed by atoms with van der Waals surface area (Å²) >= 11 is 0. The molecule has 0 aliphatic rings. The molecule has 1 aromatic rings. The van der Waals surface area contributed by atoms with Crippen molar-refractivity contribution in [2.24, 2.45) is 11.8 Å². The molecule has 2 unspecified atom stereocenters. The zero-order chi connectivity index (χ0) is 15.0. The average molecular weight is 281 g/mol. The Kier molecular flexibility index (Phi) is 7.23. The topological polar surface area (TPSA) is 49.3 Å². The van der Waals surface area contributed by atoms with Crippen molar-refractivity contribution in [2.75, 3.05) is 13.2 Å². The minimum Gasteiger partial charge on any atom is -0.396 e. The van der Waals surface area contributed by atoms with Crippen LogP contribution in [0.25, 0.3) is 0 Å². The van der Waals surface area contributed by atoms with Crippen LogP contribution in [0.1, 0.15) is 32.3 Å². The Morgan fingerprint density at radius 3 is 2.75 bits per heavy atom. The summed E-state index contributed by atoms with van der Waals surface area (Å²) in [5.74, 6) is 0.225. The summed E-state index contributed by atoms with van der Waals surface area (Å²) in [5, 5.41) is 11.7. The molecule has 2 atom stereocenters. The Morgan fingerprint density at radius 1 is 1.35 bits per heavy atom. The third kappa shape index (κ3) is 6.66. The summed E-state index contributed by atoms with van der Waals surface area (Å²) in [4.78, 5) is 11.8. The van der Waals surface area contributed by atoms with Gasteiger partial charge in [-0.25, -0.2) is 4.39 Å². The number of aliphatic hydroxyl groups is 1. The SMILES string of the molecule is CC(CCO)CNC(=O)CC(C)Cc1cccc(F)c1. The van der Waals surface area contributed by atoms with E-state index in [-0.39, 0.29) is 30.2 Å². The first kappa shape index (κ1) is 16.6. The zero-order valence-corrected chi connectivity index (χ0v) is 12.2. The van der Waals surface area contributed by atoms with Crippen LogP contribution in [0, 0.1) is 17.7 Å². The van der Waals surface area contributed by atoms with Crippen molar-refractivity contribution in [3.8, 4) is 0 Å². The largest absolute Gasteiger partial charge is 0.396 e. The van der Waals surface area contributed by atoms with E-state index in [0.717, 1.165) is 5.56 Å². The minimum atomic E-state index is -0.239. The van der Waals surface area contributed by atoms with E-state index in [1.165, 1.54) is 12.1 Å². The maximum Gasteiger partial charge on any atom is 0.220 e. The van der Waals surface area contributed by atoms with E-state index >= 15 is 0 Å². The first-order valence-electron chi connectivity index (χ1n) is 7.13. The number of halogens is 1. The first-order valence-corrected chi connectivity index (χ1v) is 7.13. The lowest BCUT2D eigenvalue weighted by molar-refractivity contribution is -0.122. The fourth-order valence-electron chi connectivity index (χ4n) is 2.14. The average Bonchev–Trinajstić information content (AvgIpc) is 2.36. The van der Waals surface area contributed by atoms with E-state index in [0.29, 0.717) is 25.8 Å². The van der Waals surface area contributed by atoms with Gasteiger partial charge in [0.2, 0.25) is 5.91 Å². The third-order valence-corrected chi connectivity index (χ3v) is 3.28. The van der Waals surface area contributed by atoms with Gasteiger partial charge in [0.05, 0.1) is 0 Å². The fourth-order valence-corrected chi connectivity index (χ4v) is 2.14. The molecule has 20 heavy (non-hydrogen) atoms. The maximum atomic E-state index is 13.1. The number of aliphatic hydroxyl groups excluding tert-OH is 1. The van der Waals surface area contributed by atoms with Crippen LogP contribution in [-0.4, -0.2) is 24.2 Å². The van der Waals surface area contributed by atoms with Crippen molar-refractivity contribution < 1.29 is 14.3 Å². The van der Waals surface area contributed by atoms with Crippen LogP contribution in [0.5, 0.6) is 0 Å². The van der Waals surface area contributed by atoms with Gasteiger partial charge in [0.15, 0.2) is 0 Å². The van der Waals surface area contributed by atoms with Crippen LogP contribution >= 0.6 is 0 Å². The molecule has 1 amide bonds. The van der Waals surface area contributed by atoms with E-state index in [1.54, 1.807) is 6.07 Å². The summed E-state index contributed by atoms with van der Waals surface area (Å²) < 4.78 is 13.1. The molecule has 0 aliphatic carbocycles. The van der Waals surface area contributed by atoms with Crippen LogP contribution < -0.4 is 5.32 Å². The van der Waals surface area contributed by atoms with Crippen LogP contribution in [0.4, 0.5) is 4.39 Å². The van der Waals surface area contributed by atoms with E-state index < -0.39 is 0 Å². The molecule has 0 bridgehead atoms.